The fourth-order valence-corrected chi connectivity index (χ4v) is 2.54. The summed E-state index contributed by atoms with van der Waals surface area (Å²) in [5.74, 6) is 0. The molecule has 0 bridgehead atoms. The number of hydrogen-bond donors (Lipinski definition) is 2. The second kappa shape index (κ2) is 5.25. The molecular formula is C11H22N2O2. The first-order chi connectivity index (χ1) is 7.35. The van der Waals surface area contributed by atoms with E-state index in [0.717, 1.165) is 45.8 Å². The van der Waals surface area contributed by atoms with Gasteiger partial charge in [0.1, 0.15) is 0 Å². The predicted molar refractivity (Wildman–Crippen MR) is 58.9 cm³/mol. The normalized spacial score (nSPS) is 34.2. The van der Waals surface area contributed by atoms with Crippen molar-refractivity contribution in [2.45, 2.75) is 24.8 Å². The number of rotatable bonds is 3. The quantitative estimate of drug-likeness (QED) is 0.684. The fourth-order valence-electron chi connectivity index (χ4n) is 2.54. The Hall–Kier alpha value is -0.160. The van der Waals surface area contributed by atoms with Crippen LogP contribution in [-0.4, -0.2) is 61.5 Å². The van der Waals surface area contributed by atoms with Crippen LogP contribution in [0.4, 0.5) is 0 Å². The van der Waals surface area contributed by atoms with E-state index in [4.69, 9.17) is 4.74 Å². The van der Waals surface area contributed by atoms with Crippen LogP contribution in [0.1, 0.15) is 19.3 Å². The lowest BCUT2D eigenvalue weighted by molar-refractivity contribution is 0.00876. The zero-order chi connectivity index (χ0) is 10.6. The molecule has 0 spiro atoms. The average Bonchev–Trinajstić information content (AvgIpc) is 2.32. The number of aliphatic hydroxyl groups is 1. The zero-order valence-corrected chi connectivity index (χ0v) is 9.37. The van der Waals surface area contributed by atoms with Gasteiger partial charge in [0.2, 0.25) is 0 Å². The van der Waals surface area contributed by atoms with Gasteiger partial charge in [0.15, 0.2) is 0 Å². The van der Waals surface area contributed by atoms with Crippen LogP contribution in [0.2, 0.25) is 0 Å². The minimum absolute atomic E-state index is 0.0460. The molecule has 0 aromatic heterocycles. The summed E-state index contributed by atoms with van der Waals surface area (Å²) < 4.78 is 5.33. The SMILES string of the molecule is OCC1(CN2CCOCC2)CCCCN1. The molecule has 4 nitrogen and oxygen atoms in total. The summed E-state index contributed by atoms with van der Waals surface area (Å²) in [6.07, 6.45) is 3.57. The van der Waals surface area contributed by atoms with Gasteiger partial charge in [0.25, 0.3) is 0 Å². The summed E-state index contributed by atoms with van der Waals surface area (Å²) in [5.41, 5.74) is -0.0460. The van der Waals surface area contributed by atoms with E-state index in [1.54, 1.807) is 0 Å². The van der Waals surface area contributed by atoms with Crippen molar-refractivity contribution in [2.75, 3.05) is 46.0 Å². The van der Waals surface area contributed by atoms with Crippen molar-refractivity contribution < 1.29 is 9.84 Å². The topological polar surface area (TPSA) is 44.7 Å². The third-order valence-corrected chi connectivity index (χ3v) is 3.51. The largest absolute Gasteiger partial charge is 0.394 e. The molecular weight excluding hydrogens is 192 g/mol. The van der Waals surface area contributed by atoms with Crippen LogP contribution >= 0.6 is 0 Å². The average molecular weight is 214 g/mol. The van der Waals surface area contributed by atoms with E-state index in [-0.39, 0.29) is 12.1 Å². The van der Waals surface area contributed by atoms with Gasteiger partial charge in [-0.05, 0) is 19.4 Å². The highest BCUT2D eigenvalue weighted by Gasteiger charge is 2.33. The fraction of sp³-hybridized carbons (Fsp3) is 1.00. The van der Waals surface area contributed by atoms with Gasteiger partial charge in [-0.2, -0.15) is 0 Å². The van der Waals surface area contributed by atoms with Crippen LogP contribution in [-0.2, 0) is 4.74 Å². The van der Waals surface area contributed by atoms with Crippen LogP contribution in [0.15, 0.2) is 0 Å². The molecule has 2 heterocycles. The Bertz CT molecular complexity index is 187. The summed E-state index contributed by atoms with van der Waals surface area (Å²) in [7, 11) is 0. The molecule has 4 heteroatoms. The van der Waals surface area contributed by atoms with E-state index in [2.05, 4.69) is 10.2 Å². The lowest BCUT2D eigenvalue weighted by Crippen LogP contribution is -2.59. The standard InChI is InChI=1S/C11H22N2O2/c14-10-11(3-1-2-4-12-11)9-13-5-7-15-8-6-13/h12,14H,1-10H2. The molecule has 2 N–H and O–H groups in total. The summed E-state index contributed by atoms with van der Waals surface area (Å²) in [4.78, 5) is 2.40. The number of hydrogen-bond acceptors (Lipinski definition) is 4. The number of morpholine rings is 1. The zero-order valence-electron chi connectivity index (χ0n) is 9.37. The Balaban J connectivity index is 1.87. The maximum absolute atomic E-state index is 9.55. The number of nitrogens with one attached hydrogen (secondary N) is 1. The molecule has 1 unspecified atom stereocenters. The molecule has 2 fully saturated rings. The van der Waals surface area contributed by atoms with E-state index in [1.807, 2.05) is 0 Å². The number of aliphatic hydroxyl groups excluding tert-OH is 1. The molecule has 2 saturated heterocycles. The van der Waals surface area contributed by atoms with Crippen molar-refractivity contribution in [3.8, 4) is 0 Å². The van der Waals surface area contributed by atoms with Gasteiger partial charge in [-0.15, -0.1) is 0 Å². The van der Waals surface area contributed by atoms with Gasteiger partial charge >= 0.3 is 0 Å². The predicted octanol–water partition coefficient (Wildman–Crippen LogP) is -0.177. The van der Waals surface area contributed by atoms with Gasteiger partial charge in [0, 0.05) is 19.6 Å². The Morgan fingerprint density at radius 2 is 2.07 bits per heavy atom. The van der Waals surface area contributed by atoms with Crippen molar-refractivity contribution in [2.24, 2.45) is 0 Å². The lowest BCUT2D eigenvalue weighted by Gasteiger charge is -2.41. The van der Waals surface area contributed by atoms with E-state index < -0.39 is 0 Å². The van der Waals surface area contributed by atoms with Crippen molar-refractivity contribution in [1.29, 1.82) is 0 Å². The highest BCUT2D eigenvalue weighted by Crippen LogP contribution is 2.20. The number of ether oxygens (including phenoxy) is 1. The third kappa shape index (κ3) is 2.91. The van der Waals surface area contributed by atoms with Crippen LogP contribution in [0.5, 0.6) is 0 Å². The molecule has 0 radical (unpaired) electrons. The molecule has 0 aromatic carbocycles. The molecule has 88 valence electrons. The van der Waals surface area contributed by atoms with Crippen molar-refractivity contribution in [3.63, 3.8) is 0 Å². The lowest BCUT2D eigenvalue weighted by atomic mass is 9.89. The van der Waals surface area contributed by atoms with E-state index in [1.165, 1.54) is 12.8 Å². The molecule has 0 aliphatic carbocycles. The molecule has 2 rings (SSSR count). The Morgan fingerprint density at radius 1 is 1.27 bits per heavy atom. The molecule has 0 amide bonds. The van der Waals surface area contributed by atoms with Gasteiger partial charge in [0.05, 0.1) is 25.4 Å². The molecule has 15 heavy (non-hydrogen) atoms. The summed E-state index contributed by atoms with van der Waals surface area (Å²) >= 11 is 0. The van der Waals surface area contributed by atoms with Gasteiger partial charge < -0.3 is 15.2 Å². The summed E-state index contributed by atoms with van der Waals surface area (Å²) in [6.45, 7) is 5.94. The first-order valence-electron chi connectivity index (χ1n) is 6.01. The highest BCUT2D eigenvalue weighted by molar-refractivity contribution is 4.93. The minimum atomic E-state index is -0.0460. The van der Waals surface area contributed by atoms with E-state index in [9.17, 15) is 5.11 Å². The van der Waals surface area contributed by atoms with Gasteiger partial charge in [-0.25, -0.2) is 0 Å². The minimum Gasteiger partial charge on any atom is -0.394 e. The van der Waals surface area contributed by atoms with Crippen molar-refractivity contribution in [3.05, 3.63) is 0 Å². The Kier molecular flexibility index (Phi) is 3.97. The first kappa shape index (κ1) is 11.3. The first-order valence-corrected chi connectivity index (χ1v) is 6.01. The molecule has 2 aliphatic heterocycles. The van der Waals surface area contributed by atoms with Crippen LogP contribution in [0, 0.1) is 0 Å². The molecule has 0 saturated carbocycles. The molecule has 1 atom stereocenters. The smallest absolute Gasteiger partial charge is 0.0625 e. The molecule has 2 aliphatic rings. The van der Waals surface area contributed by atoms with E-state index in [0.29, 0.717) is 0 Å². The Labute approximate surface area is 91.6 Å². The van der Waals surface area contributed by atoms with E-state index >= 15 is 0 Å². The summed E-state index contributed by atoms with van der Waals surface area (Å²) in [6, 6.07) is 0. The third-order valence-electron chi connectivity index (χ3n) is 3.51. The van der Waals surface area contributed by atoms with Crippen molar-refractivity contribution in [1.82, 2.24) is 10.2 Å². The van der Waals surface area contributed by atoms with Crippen molar-refractivity contribution >= 4 is 0 Å². The second-order valence-electron chi connectivity index (χ2n) is 4.71. The highest BCUT2D eigenvalue weighted by atomic mass is 16.5. The maximum Gasteiger partial charge on any atom is 0.0625 e. The van der Waals surface area contributed by atoms with Crippen LogP contribution in [0.3, 0.4) is 0 Å². The van der Waals surface area contributed by atoms with Crippen LogP contribution < -0.4 is 5.32 Å². The second-order valence-corrected chi connectivity index (χ2v) is 4.71. The van der Waals surface area contributed by atoms with Crippen LogP contribution in [0.25, 0.3) is 0 Å². The summed E-state index contributed by atoms with van der Waals surface area (Å²) in [5, 5.41) is 13.0. The maximum atomic E-state index is 9.55. The van der Waals surface area contributed by atoms with Gasteiger partial charge in [-0.1, -0.05) is 6.42 Å². The van der Waals surface area contributed by atoms with Gasteiger partial charge in [-0.3, -0.25) is 4.90 Å². The Morgan fingerprint density at radius 3 is 2.67 bits per heavy atom. The number of nitrogens with zero attached hydrogens (tertiary/aromatic N) is 1. The number of piperidine rings is 1. The monoisotopic (exact) mass is 214 g/mol. The molecule has 0 aromatic rings.